The van der Waals surface area contributed by atoms with Gasteiger partial charge in [0.1, 0.15) is 10.0 Å². The highest BCUT2D eigenvalue weighted by Crippen LogP contribution is 2.27. The van der Waals surface area contributed by atoms with Gasteiger partial charge in [-0.3, -0.25) is 9.52 Å². The first-order valence-corrected chi connectivity index (χ1v) is 13.2. The van der Waals surface area contributed by atoms with Gasteiger partial charge in [-0.05, 0) is 54.1 Å². The zero-order valence-electron chi connectivity index (χ0n) is 17.9. The summed E-state index contributed by atoms with van der Waals surface area (Å²) in [6.07, 6.45) is 2.23. The van der Waals surface area contributed by atoms with Gasteiger partial charge in [0.2, 0.25) is 5.91 Å². The number of thiophene rings is 1. The van der Waals surface area contributed by atoms with E-state index < -0.39 is 10.0 Å². The largest absolute Gasteiger partial charge is 0.342 e. The van der Waals surface area contributed by atoms with Crippen molar-refractivity contribution in [3.8, 4) is 0 Å². The van der Waals surface area contributed by atoms with Crippen LogP contribution in [0.5, 0.6) is 0 Å². The third kappa shape index (κ3) is 4.79. The van der Waals surface area contributed by atoms with Crippen molar-refractivity contribution < 1.29 is 13.2 Å². The molecule has 3 heterocycles. The van der Waals surface area contributed by atoms with Crippen LogP contribution in [0, 0.1) is 0 Å². The smallest absolute Gasteiger partial charge is 0.271 e. The standard InChI is InChI=1S/C24H24N4O3S2/c29-22(15-17-9-11-19(12-10-17)27-33(30,31)23-8-4-14-32-23)28-13-3-5-18(16-28)24-25-20-6-1-2-7-21(20)26-24/h1-2,4,6-12,14,18,27H,3,5,13,15-16H2,(H,25,26). The van der Waals surface area contributed by atoms with E-state index in [2.05, 4.69) is 9.71 Å². The van der Waals surface area contributed by atoms with Crippen molar-refractivity contribution in [1.29, 1.82) is 0 Å². The van der Waals surface area contributed by atoms with E-state index >= 15 is 0 Å². The number of rotatable bonds is 6. The lowest BCUT2D eigenvalue weighted by molar-refractivity contribution is -0.131. The number of nitrogens with one attached hydrogen (secondary N) is 2. The Morgan fingerprint density at radius 2 is 1.94 bits per heavy atom. The summed E-state index contributed by atoms with van der Waals surface area (Å²) in [7, 11) is -3.58. The van der Waals surface area contributed by atoms with Crippen LogP contribution in [0.15, 0.2) is 70.3 Å². The van der Waals surface area contributed by atoms with Crippen LogP contribution in [-0.2, 0) is 21.2 Å². The van der Waals surface area contributed by atoms with E-state index in [9.17, 15) is 13.2 Å². The summed E-state index contributed by atoms with van der Waals surface area (Å²) in [5.74, 6) is 1.21. The Labute approximate surface area is 196 Å². The Balaban J connectivity index is 1.22. The highest BCUT2D eigenvalue weighted by atomic mass is 32.2. The number of hydrogen-bond acceptors (Lipinski definition) is 5. The molecular weight excluding hydrogens is 456 g/mol. The van der Waals surface area contributed by atoms with E-state index in [0.29, 0.717) is 12.2 Å². The molecule has 2 N–H and O–H groups in total. The molecule has 7 nitrogen and oxygen atoms in total. The molecular formula is C24H24N4O3S2. The molecule has 0 aliphatic carbocycles. The highest BCUT2D eigenvalue weighted by molar-refractivity contribution is 7.94. The van der Waals surface area contributed by atoms with Crippen LogP contribution in [0.4, 0.5) is 5.69 Å². The van der Waals surface area contributed by atoms with Crippen molar-refractivity contribution >= 4 is 44.0 Å². The molecule has 1 unspecified atom stereocenters. The number of imidazole rings is 1. The van der Waals surface area contributed by atoms with Gasteiger partial charge in [-0.2, -0.15) is 0 Å². The summed E-state index contributed by atoms with van der Waals surface area (Å²) in [6, 6.07) is 18.2. The first-order chi connectivity index (χ1) is 16.0. The number of carbonyl (C=O) groups is 1. The highest BCUT2D eigenvalue weighted by Gasteiger charge is 2.26. The van der Waals surface area contributed by atoms with E-state index in [-0.39, 0.29) is 22.5 Å². The summed E-state index contributed by atoms with van der Waals surface area (Å²) in [5, 5.41) is 1.72. The predicted molar refractivity (Wildman–Crippen MR) is 130 cm³/mol. The lowest BCUT2D eigenvalue weighted by Crippen LogP contribution is -2.40. The Hall–Kier alpha value is -3.17. The average Bonchev–Trinajstić information content (AvgIpc) is 3.51. The molecule has 1 aliphatic heterocycles. The second-order valence-corrected chi connectivity index (χ2v) is 11.1. The maximum atomic E-state index is 13.0. The van der Waals surface area contributed by atoms with Crippen molar-refractivity contribution in [2.45, 2.75) is 29.4 Å². The van der Waals surface area contributed by atoms with Gasteiger partial charge in [-0.1, -0.05) is 30.3 Å². The summed E-state index contributed by atoms with van der Waals surface area (Å²) >= 11 is 1.17. The fourth-order valence-corrected chi connectivity index (χ4v) is 6.24. The molecule has 2 aromatic carbocycles. The Morgan fingerprint density at radius 3 is 2.70 bits per heavy atom. The molecule has 1 saturated heterocycles. The number of likely N-dealkylation sites (tertiary alicyclic amines) is 1. The number of anilines is 1. The zero-order chi connectivity index (χ0) is 22.8. The minimum atomic E-state index is -3.58. The van der Waals surface area contributed by atoms with Crippen LogP contribution in [0.3, 0.4) is 0 Å². The van der Waals surface area contributed by atoms with Crippen LogP contribution >= 0.6 is 11.3 Å². The summed E-state index contributed by atoms with van der Waals surface area (Å²) in [5.41, 5.74) is 3.30. The van der Waals surface area contributed by atoms with Gasteiger partial charge in [0.05, 0.1) is 17.5 Å². The van der Waals surface area contributed by atoms with Gasteiger partial charge in [-0.25, -0.2) is 13.4 Å². The molecule has 170 valence electrons. The number of sulfonamides is 1. The van der Waals surface area contributed by atoms with Gasteiger partial charge in [0.25, 0.3) is 10.0 Å². The quantitative estimate of drug-likeness (QED) is 0.428. The Morgan fingerprint density at radius 1 is 1.12 bits per heavy atom. The van der Waals surface area contributed by atoms with Crippen LogP contribution < -0.4 is 4.72 Å². The molecule has 0 saturated carbocycles. The van der Waals surface area contributed by atoms with Crippen LogP contribution in [-0.4, -0.2) is 42.3 Å². The minimum Gasteiger partial charge on any atom is -0.342 e. The third-order valence-electron chi connectivity index (χ3n) is 5.89. The average molecular weight is 481 g/mol. The van der Waals surface area contributed by atoms with Crippen molar-refractivity contribution in [1.82, 2.24) is 14.9 Å². The van der Waals surface area contributed by atoms with Gasteiger partial charge < -0.3 is 9.88 Å². The molecule has 1 aliphatic rings. The van der Waals surface area contributed by atoms with Gasteiger partial charge >= 0.3 is 0 Å². The molecule has 1 amide bonds. The summed E-state index contributed by atoms with van der Waals surface area (Å²) in [6.45, 7) is 1.39. The molecule has 0 radical (unpaired) electrons. The first-order valence-electron chi connectivity index (χ1n) is 10.9. The number of H-pyrrole nitrogens is 1. The normalized spacial score (nSPS) is 16.7. The molecule has 2 aromatic heterocycles. The monoisotopic (exact) mass is 480 g/mol. The number of nitrogens with zero attached hydrogens (tertiary/aromatic N) is 2. The molecule has 4 aromatic rings. The number of carbonyl (C=O) groups excluding carboxylic acids is 1. The molecule has 5 rings (SSSR count). The number of aromatic amines is 1. The summed E-state index contributed by atoms with van der Waals surface area (Å²) in [4.78, 5) is 23.0. The fourth-order valence-electron chi connectivity index (χ4n) is 4.19. The zero-order valence-corrected chi connectivity index (χ0v) is 19.5. The van der Waals surface area contributed by atoms with Crippen molar-refractivity contribution in [3.63, 3.8) is 0 Å². The molecule has 9 heteroatoms. The van der Waals surface area contributed by atoms with Gasteiger partial charge in [-0.15, -0.1) is 11.3 Å². The Bertz CT molecular complexity index is 1330. The summed E-state index contributed by atoms with van der Waals surface area (Å²) < 4.78 is 27.6. The van der Waals surface area contributed by atoms with Crippen molar-refractivity contribution in [2.24, 2.45) is 0 Å². The topological polar surface area (TPSA) is 95.2 Å². The minimum absolute atomic E-state index is 0.0720. The van der Waals surface area contributed by atoms with Crippen LogP contribution in [0.25, 0.3) is 11.0 Å². The second-order valence-electron chi connectivity index (χ2n) is 8.23. The molecule has 33 heavy (non-hydrogen) atoms. The van der Waals surface area contributed by atoms with Gasteiger partial charge in [0.15, 0.2) is 0 Å². The lowest BCUT2D eigenvalue weighted by atomic mass is 9.96. The predicted octanol–water partition coefficient (Wildman–Crippen LogP) is 4.37. The first kappa shape index (κ1) is 21.7. The van der Waals surface area contributed by atoms with Crippen molar-refractivity contribution in [2.75, 3.05) is 17.8 Å². The third-order valence-corrected chi connectivity index (χ3v) is 8.67. The second kappa shape index (κ2) is 8.99. The lowest BCUT2D eigenvalue weighted by Gasteiger charge is -2.32. The number of fused-ring (bicyclic) bond motifs is 1. The molecule has 0 bridgehead atoms. The van der Waals surface area contributed by atoms with Crippen molar-refractivity contribution in [3.05, 3.63) is 77.4 Å². The number of aromatic nitrogens is 2. The Kier molecular flexibility index (Phi) is 5.90. The number of hydrogen-bond donors (Lipinski definition) is 2. The van der Waals surface area contributed by atoms with Gasteiger partial charge in [0, 0.05) is 24.7 Å². The van der Waals surface area contributed by atoms with E-state index in [1.165, 1.54) is 11.3 Å². The maximum Gasteiger partial charge on any atom is 0.271 e. The van der Waals surface area contributed by atoms with Crippen LogP contribution in [0.2, 0.25) is 0 Å². The van der Waals surface area contributed by atoms with E-state index in [0.717, 1.165) is 41.8 Å². The molecule has 1 atom stereocenters. The van der Waals surface area contributed by atoms with E-state index in [4.69, 9.17) is 4.98 Å². The van der Waals surface area contributed by atoms with E-state index in [1.807, 2.05) is 29.2 Å². The number of amides is 1. The number of para-hydroxylation sites is 2. The number of piperidine rings is 1. The maximum absolute atomic E-state index is 13.0. The number of benzene rings is 2. The van der Waals surface area contributed by atoms with Crippen LogP contribution in [0.1, 0.15) is 30.1 Å². The van der Waals surface area contributed by atoms with E-state index in [1.54, 1.807) is 41.8 Å². The fraction of sp³-hybridized carbons (Fsp3) is 0.250. The molecule has 0 spiro atoms. The SMILES string of the molecule is O=C(Cc1ccc(NS(=O)(=O)c2cccs2)cc1)N1CCCC(c2nc3ccccc3[nH]2)C1. The molecule has 1 fully saturated rings.